The first-order valence-electron chi connectivity index (χ1n) is 5.30. The van der Waals surface area contributed by atoms with Gasteiger partial charge < -0.3 is 15.4 Å². The first kappa shape index (κ1) is 17.1. The Labute approximate surface area is 119 Å². The van der Waals surface area contributed by atoms with Crippen LogP contribution in [0.3, 0.4) is 0 Å². The summed E-state index contributed by atoms with van der Waals surface area (Å²) in [6, 6.07) is 1.59. The molecule has 1 aliphatic heterocycles. The minimum atomic E-state index is -0.270. The number of ether oxygens (including phenoxy) is 1. The standard InChI is InChI=1S/C11H15N3O2.2ClH/c1-8-2-3-12-6-9(8)14-11(15)10-7-16-5-4-13-10;;/h2-3,6,10,13H,4-5,7H2,1H3,(H,14,15);2*1H. The summed E-state index contributed by atoms with van der Waals surface area (Å²) in [6.07, 6.45) is 3.35. The summed E-state index contributed by atoms with van der Waals surface area (Å²) in [7, 11) is 0. The summed E-state index contributed by atoms with van der Waals surface area (Å²) in [5.41, 5.74) is 1.75. The molecule has 0 spiro atoms. The molecule has 1 aliphatic rings. The lowest BCUT2D eigenvalue weighted by Gasteiger charge is -2.23. The number of aromatic nitrogens is 1. The topological polar surface area (TPSA) is 63.2 Å². The van der Waals surface area contributed by atoms with Crippen molar-refractivity contribution in [3.8, 4) is 0 Å². The molecule has 102 valence electrons. The largest absolute Gasteiger partial charge is 0.378 e. The van der Waals surface area contributed by atoms with Crippen molar-refractivity contribution in [3.05, 3.63) is 24.0 Å². The van der Waals surface area contributed by atoms with E-state index in [0.29, 0.717) is 19.8 Å². The van der Waals surface area contributed by atoms with Gasteiger partial charge in [-0.2, -0.15) is 0 Å². The number of anilines is 1. The Morgan fingerprint density at radius 2 is 2.33 bits per heavy atom. The minimum Gasteiger partial charge on any atom is -0.378 e. The zero-order valence-electron chi connectivity index (χ0n) is 10.0. The van der Waals surface area contributed by atoms with Crippen molar-refractivity contribution in [3.63, 3.8) is 0 Å². The van der Waals surface area contributed by atoms with Crippen molar-refractivity contribution >= 4 is 36.4 Å². The normalized spacial score (nSPS) is 18.2. The molecule has 2 N–H and O–H groups in total. The predicted molar refractivity (Wildman–Crippen MR) is 74.7 cm³/mol. The highest BCUT2D eigenvalue weighted by atomic mass is 35.5. The number of hydrogen-bond acceptors (Lipinski definition) is 4. The fourth-order valence-corrected chi connectivity index (χ4v) is 1.55. The van der Waals surface area contributed by atoms with Gasteiger partial charge in [0.1, 0.15) is 6.04 Å². The van der Waals surface area contributed by atoms with Gasteiger partial charge >= 0.3 is 0 Å². The Balaban J connectivity index is 0.00000144. The van der Waals surface area contributed by atoms with Crippen molar-refractivity contribution in [1.82, 2.24) is 10.3 Å². The van der Waals surface area contributed by atoms with Crippen LogP contribution in [0.2, 0.25) is 0 Å². The number of halogens is 2. The van der Waals surface area contributed by atoms with E-state index in [9.17, 15) is 4.79 Å². The van der Waals surface area contributed by atoms with E-state index in [1.807, 2.05) is 13.0 Å². The maximum atomic E-state index is 11.8. The van der Waals surface area contributed by atoms with E-state index in [0.717, 1.165) is 11.3 Å². The van der Waals surface area contributed by atoms with Crippen molar-refractivity contribution < 1.29 is 9.53 Å². The van der Waals surface area contributed by atoms with Crippen LogP contribution in [0.25, 0.3) is 0 Å². The molecule has 2 rings (SSSR count). The van der Waals surface area contributed by atoms with Crippen LogP contribution in [0.1, 0.15) is 5.56 Å². The number of pyridine rings is 1. The van der Waals surface area contributed by atoms with Gasteiger partial charge in [-0.1, -0.05) is 0 Å². The third-order valence-corrected chi connectivity index (χ3v) is 2.54. The molecule has 1 fully saturated rings. The van der Waals surface area contributed by atoms with Crippen molar-refractivity contribution in [1.29, 1.82) is 0 Å². The summed E-state index contributed by atoms with van der Waals surface area (Å²) in [5.74, 6) is -0.0733. The first-order valence-corrected chi connectivity index (χ1v) is 5.30. The number of aryl methyl sites for hydroxylation is 1. The first-order chi connectivity index (χ1) is 7.77. The van der Waals surface area contributed by atoms with Crippen LogP contribution < -0.4 is 10.6 Å². The number of hydrogen-bond donors (Lipinski definition) is 2. The van der Waals surface area contributed by atoms with Gasteiger partial charge in [0.05, 0.1) is 25.1 Å². The average molecular weight is 294 g/mol. The van der Waals surface area contributed by atoms with E-state index in [1.165, 1.54) is 0 Å². The molecular formula is C11H17Cl2N3O2. The van der Waals surface area contributed by atoms with Crippen LogP contribution in [0, 0.1) is 6.92 Å². The number of carbonyl (C=O) groups excluding carboxylic acids is 1. The Morgan fingerprint density at radius 1 is 1.56 bits per heavy atom. The molecule has 0 aliphatic carbocycles. The quantitative estimate of drug-likeness (QED) is 0.859. The average Bonchev–Trinajstić information content (AvgIpc) is 2.33. The van der Waals surface area contributed by atoms with Gasteiger partial charge in [0.2, 0.25) is 5.91 Å². The summed E-state index contributed by atoms with van der Waals surface area (Å²) < 4.78 is 5.23. The van der Waals surface area contributed by atoms with E-state index in [1.54, 1.807) is 12.4 Å². The van der Waals surface area contributed by atoms with Crippen LogP contribution in [-0.2, 0) is 9.53 Å². The van der Waals surface area contributed by atoms with Gasteiger partial charge in [-0.05, 0) is 18.6 Å². The molecule has 1 amide bonds. The van der Waals surface area contributed by atoms with E-state index < -0.39 is 0 Å². The van der Waals surface area contributed by atoms with E-state index in [4.69, 9.17) is 4.74 Å². The lowest BCUT2D eigenvalue weighted by Crippen LogP contribution is -2.48. The second kappa shape index (κ2) is 8.26. The second-order valence-electron chi connectivity index (χ2n) is 3.76. The fourth-order valence-electron chi connectivity index (χ4n) is 1.55. The van der Waals surface area contributed by atoms with Gasteiger partial charge in [-0.3, -0.25) is 9.78 Å². The Morgan fingerprint density at radius 3 is 2.94 bits per heavy atom. The lowest BCUT2D eigenvalue weighted by molar-refractivity contribution is -0.120. The summed E-state index contributed by atoms with van der Waals surface area (Å²) in [6.45, 7) is 3.73. The molecular weight excluding hydrogens is 277 g/mol. The van der Waals surface area contributed by atoms with Crippen LogP contribution in [-0.4, -0.2) is 36.7 Å². The molecule has 7 heteroatoms. The monoisotopic (exact) mass is 293 g/mol. The molecule has 1 unspecified atom stereocenters. The van der Waals surface area contributed by atoms with Crippen LogP contribution in [0.4, 0.5) is 5.69 Å². The number of rotatable bonds is 2. The van der Waals surface area contributed by atoms with Crippen LogP contribution >= 0.6 is 24.8 Å². The number of carbonyl (C=O) groups is 1. The molecule has 1 aromatic heterocycles. The molecule has 0 bridgehead atoms. The van der Waals surface area contributed by atoms with Crippen molar-refractivity contribution in [2.24, 2.45) is 0 Å². The van der Waals surface area contributed by atoms with Crippen LogP contribution in [0.5, 0.6) is 0 Å². The number of amides is 1. The summed E-state index contributed by atoms with van der Waals surface area (Å²) >= 11 is 0. The Kier molecular flexibility index (Phi) is 7.86. The van der Waals surface area contributed by atoms with Gasteiger partial charge in [-0.15, -0.1) is 24.8 Å². The molecule has 1 aromatic rings. The number of nitrogens with zero attached hydrogens (tertiary/aromatic N) is 1. The fraction of sp³-hybridized carbons (Fsp3) is 0.455. The molecule has 1 saturated heterocycles. The van der Waals surface area contributed by atoms with Gasteiger partial charge in [0.15, 0.2) is 0 Å². The number of morpholine rings is 1. The lowest BCUT2D eigenvalue weighted by atomic mass is 10.2. The zero-order valence-corrected chi connectivity index (χ0v) is 11.6. The maximum absolute atomic E-state index is 11.8. The van der Waals surface area contributed by atoms with Gasteiger partial charge in [0.25, 0.3) is 0 Å². The SMILES string of the molecule is Cc1ccncc1NC(=O)C1COCCN1.Cl.Cl. The smallest absolute Gasteiger partial charge is 0.243 e. The van der Waals surface area contributed by atoms with Crippen molar-refractivity contribution in [2.75, 3.05) is 25.1 Å². The van der Waals surface area contributed by atoms with Gasteiger partial charge in [0, 0.05) is 12.7 Å². The number of nitrogens with one attached hydrogen (secondary N) is 2. The second-order valence-corrected chi connectivity index (χ2v) is 3.76. The molecule has 2 heterocycles. The molecule has 5 nitrogen and oxygen atoms in total. The highest BCUT2D eigenvalue weighted by Gasteiger charge is 2.21. The van der Waals surface area contributed by atoms with Crippen molar-refractivity contribution in [2.45, 2.75) is 13.0 Å². The Hall–Kier alpha value is -0.880. The molecule has 1 atom stereocenters. The maximum Gasteiger partial charge on any atom is 0.243 e. The highest BCUT2D eigenvalue weighted by molar-refractivity contribution is 5.95. The predicted octanol–water partition coefficient (Wildman–Crippen LogP) is 1.16. The summed E-state index contributed by atoms with van der Waals surface area (Å²) in [5, 5.41) is 5.94. The minimum absolute atomic E-state index is 0. The third kappa shape index (κ3) is 4.42. The summed E-state index contributed by atoms with van der Waals surface area (Å²) in [4.78, 5) is 15.8. The molecule has 0 aromatic carbocycles. The molecule has 0 saturated carbocycles. The van der Waals surface area contributed by atoms with E-state index >= 15 is 0 Å². The molecule has 18 heavy (non-hydrogen) atoms. The van der Waals surface area contributed by atoms with E-state index in [-0.39, 0.29) is 36.8 Å². The highest BCUT2D eigenvalue weighted by Crippen LogP contribution is 2.11. The van der Waals surface area contributed by atoms with Crippen LogP contribution in [0.15, 0.2) is 18.5 Å². The van der Waals surface area contributed by atoms with E-state index in [2.05, 4.69) is 15.6 Å². The Bertz CT molecular complexity index is 384. The third-order valence-electron chi connectivity index (χ3n) is 2.54. The zero-order chi connectivity index (χ0) is 11.4. The van der Waals surface area contributed by atoms with Gasteiger partial charge in [-0.25, -0.2) is 0 Å². The molecule has 0 radical (unpaired) electrons.